The maximum atomic E-state index is 13.8. The molecule has 9 heteroatoms. The van der Waals surface area contributed by atoms with Crippen LogP contribution in [0.1, 0.15) is 54.6 Å². The number of alkyl halides is 3. The van der Waals surface area contributed by atoms with Crippen molar-refractivity contribution in [2.75, 3.05) is 18.4 Å². The minimum absolute atomic E-state index is 0.0814. The van der Waals surface area contributed by atoms with Gasteiger partial charge >= 0.3 is 6.18 Å². The summed E-state index contributed by atoms with van der Waals surface area (Å²) in [7, 11) is 0. The molecule has 6 nitrogen and oxygen atoms in total. The Labute approximate surface area is 209 Å². The van der Waals surface area contributed by atoms with E-state index in [1.807, 2.05) is 43.9 Å². The SMILES string of the molecule is CC.Cc1ccc(-c2ncccn2)c(C(=O)N2CC3(CC3)C[C@H]2CNc2ccc(C(F)(F)F)cn2)c1. The molecule has 1 saturated carbocycles. The number of amides is 1. The Balaban J connectivity index is 0.00000148. The van der Waals surface area contributed by atoms with Crippen molar-refractivity contribution in [1.82, 2.24) is 19.9 Å². The quantitative estimate of drug-likeness (QED) is 0.468. The molecule has 190 valence electrons. The maximum Gasteiger partial charge on any atom is 0.417 e. The first-order valence-electron chi connectivity index (χ1n) is 12.2. The Kier molecular flexibility index (Phi) is 7.28. The largest absolute Gasteiger partial charge is 0.417 e. The van der Waals surface area contributed by atoms with Gasteiger partial charge in [-0.05, 0) is 55.9 Å². The van der Waals surface area contributed by atoms with Gasteiger partial charge in [-0.2, -0.15) is 13.2 Å². The van der Waals surface area contributed by atoms with Crippen LogP contribution in [0.25, 0.3) is 11.4 Å². The van der Waals surface area contributed by atoms with Crippen molar-refractivity contribution < 1.29 is 18.0 Å². The van der Waals surface area contributed by atoms with Gasteiger partial charge in [-0.1, -0.05) is 31.5 Å². The van der Waals surface area contributed by atoms with Gasteiger partial charge in [0.25, 0.3) is 5.91 Å². The van der Waals surface area contributed by atoms with Crippen LogP contribution in [-0.4, -0.2) is 44.9 Å². The standard InChI is InChI=1S/C25H24F3N5O.C2H6/c1-16-3-5-19(22-29-9-2-10-30-22)20(11-16)23(34)33-15-24(7-8-24)12-18(33)14-32-21-6-4-17(13-31-21)25(26,27)28;1-2/h2-6,9-11,13,18H,7-8,12,14-15H2,1H3,(H,31,32);1-2H3/t18-;/m0./s1. The van der Waals surface area contributed by atoms with Crippen LogP contribution >= 0.6 is 0 Å². The van der Waals surface area contributed by atoms with E-state index in [1.54, 1.807) is 18.5 Å². The molecule has 2 aliphatic rings. The van der Waals surface area contributed by atoms with Gasteiger partial charge in [0.1, 0.15) is 5.82 Å². The highest BCUT2D eigenvalue weighted by Gasteiger charge is 2.53. The minimum Gasteiger partial charge on any atom is -0.368 e. The number of likely N-dealkylation sites (tertiary alicyclic amines) is 1. The van der Waals surface area contributed by atoms with Crippen LogP contribution in [0.15, 0.2) is 55.0 Å². The molecule has 1 atom stereocenters. The normalized spacial score (nSPS) is 17.9. The molecule has 1 N–H and O–H groups in total. The molecule has 2 aromatic heterocycles. The summed E-state index contributed by atoms with van der Waals surface area (Å²) in [5, 5.41) is 3.13. The van der Waals surface area contributed by atoms with Crippen LogP contribution in [0.2, 0.25) is 0 Å². The third kappa shape index (κ3) is 5.50. The second-order valence-electron chi connectivity index (χ2n) is 9.22. The number of nitrogens with zero attached hydrogens (tertiary/aromatic N) is 4. The van der Waals surface area contributed by atoms with Crippen molar-refractivity contribution >= 4 is 11.7 Å². The zero-order chi connectivity index (χ0) is 25.9. The van der Waals surface area contributed by atoms with Crippen LogP contribution in [0.3, 0.4) is 0 Å². The van der Waals surface area contributed by atoms with Gasteiger partial charge in [0.15, 0.2) is 5.82 Å². The number of halogens is 3. The molecular formula is C27H30F3N5O. The zero-order valence-electron chi connectivity index (χ0n) is 20.6. The molecule has 3 heterocycles. The lowest BCUT2D eigenvalue weighted by atomic mass is 10.0. The molecule has 5 rings (SSSR count). The van der Waals surface area contributed by atoms with Crippen molar-refractivity contribution in [2.45, 2.75) is 52.3 Å². The van der Waals surface area contributed by atoms with Gasteiger partial charge in [-0.15, -0.1) is 0 Å². The molecular weight excluding hydrogens is 467 g/mol. The van der Waals surface area contributed by atoms with Gasteiger partial charge < -0.3 is 10.2 Å². The van der Waals surface area contributed by atoms with Crippen LogP contribution < -0.4 is 5.32 Å². The lowest BCUT2D eigenvalue weighted by Crippen LogP contribution is -2.40. The van der Waals surface area contributed by atoms with E-state index in [1.165, 1.54) is 6.07 Å². The van der Waals surface area contributed by atoms with Crippen LogP contribution in [-0.2, 0) is 6.18 Å². The van der Waals surface area contributed by atoms with E-state index in [0.29, 0.717) is 35.9 Å². The van der Waals surface area contributed by atoms with E-state index < -0.39 is 11.7 Å². The lowest BCUT2D eigenvalue weighted by Gasteiger charge is -2.26. The highest BCUT2D eigenvalue weighted by molar-refractivity contribution is 6.00. The highest BCUT2D eigenvalue weighted by atomic mass is 19.4. The zero-order valence-corrected chi connectivity index (χ0v) is 20.6. The molecule has 36 heavy (non-hydrogen) atoms. The second-order valence-corrected chi connectivity index (χ2v) is 9.22. The monoisotopic (exact) mass is 497 g/mol. The third-order valence-electron chi connectivity index (χ3n) is 6.65. The number of hydrogen-bond donors (Lipinski definition) is 1. The van der Waals surface area contributed by atoms with Crippen molar-refractivity contribution in [1.29, 1.82) is 0 Å². The average molecular weight is 498 g/mol. The summed E-state index contributed by atoms with van der Waals surface area (Å²) < 4.78 is 38.4. The first-order valence-corrected chi connectivity index (χ1v) is 12.2. The van der Waals surface area contributed by atoms with Gasteiger partial charge in [0, 0.05) is 43.3 Å². The summed E-state index contributed by atoms with van der Waals surface area (Å²) in [6.45, 7) is 7.02. The lowest BCUT2D eigenvalue weighted by molar-refractivity contribution is -0.137. The summed E-state index contributed by atoms with van der Waals surface area (Å²) in [4.78, 5) is 28.2. The minimum atomic E-state index is -4.42. The molecule has 3 aromatic rings. The van der Waals surface area contributed by atoms with Crippen molar-refractivity contribution in [3.05, 3.63) is 71.7 Å². The molecule has 0 radical (unpaired) electrons. The van der Waals surface area contributed by atoms with Gasteiger partial charge in [0.05, 0.1) is 11.1 Å². The van der Waals surface area contributed by atoms with Crippen LogP contribution in [0.5, 0.6) is 0 Å². The Hall–Kier alpha value is -3.49. The van der Waals surface area contributed by atoms with Gasteiger partial charge in [-0.3, -0.25) is 4.79 Å². The average Bonchev–Trinajstić information content (AvgIpc) is 3.54. The van der Waals surface area contributed by atoms with E-state index in [9.17, 15) is 18.0 Å². The first-order chi connectivity index (χ1) is 17.2. The summed E-state index contributed by atoms with van der Waals surface area (Å²) >= 11 is 0. The van der Waals surface area contributed by atoms with Crippen LogP contribution in [0.4, 0.5) is 19.0 Å². The number of pyridine rings is 1. The van der Waals surface area contributed by atoms with Crippen molar-refractivity contribution in [3.63, 3.8) is 0 Å². The highest BCUT2D eigenvalue weighted by Crippen LogP contribution is 2.55. The molecule has 1 amide bonds. The Morgan fingerprint density at radius 2 is 1.83 bits per heavy atom. The number of aromatic nitrogens is 3. The van der Waals surface area contributed by atoms with Gasteiger partial charge in [-0.25, -0.2) is 15.0 Å². The fourth-order valence-electron chi connectivity index (χ4n) is 4.64. The fourth-order valence-corrected chi connectivity index (χ4v) is 4.64. The Morgan fingerprint density at radius 1 is 1.11 bits per heavy atom. The van der Waals surface area contributed by atoms with Crippen molar-refractivity contribution in [3.8, 4) is 11.4 Å². The predicted octanol–water partition coefficient (Wildman–Crippen LogP) is 6.00. The maximum absolute atomic E-state index is 13.8. The molecule has 1 aromatic carbocycles. The Bertz CT molecular complexity index is 1190. The van der Waals surface area contributed by atoms with E-state index in [-0.39, 0.29) is 17.4 Å². The fraction of sp³-hybridized carbons (Fsp3) is 0.407. The van der Waals surface area contributed by atoms with Crippen molar-refractivity contribution in [2.24, 2.45) is 5.41 Å². The number of anilines is 1. The number of nitrogens with one attached hydrogen (secondary N) is 1. The van der Waals surface area contributed by atoms with E-state index in [2.05, 4.69) is 20.3 Å². The second kappa shape index (κ2) is 10.2. The summed E-state index contributed by atoms with van der Waals surface area (Å²) in [5.74, 6) is 0.767. The van der Waals surface area contributed by atoms with E-state index in [4.69, 9.17) is 0 Å². The summed E-state index contributed by atoms with van der Waals surface area (Å²) in [6.07, 6.45) is 2.70. The molecule has 0 unspecified atom stereocenters. The molecule has 1 saturated heterocycles. The number of carbonyl (C=O) groups is 1. The molecule has 1 spiro atoms. The number of aryl methyl sites for hydroxylation is 1. The van der Waals surface area contributed by atoms with E-state index >= 15 is 0 Å². The topological polar surface area (TPSA) is 71.0 Å². The van der Waals surface area contributed by atoms with E-state index in [0.717, 1.165) is 37.1 Å². The number of rotatable bonds is 5. The Morgan fingerprint density at radius 3 is 2.44 bits per heavy atom. The third-order valence-corrected chi connectivity index (χ3v) is 6.65. The molecule has 1 aliphatic heterocycles. The smallest absolute Gasteiger partial charge is 0.368 e. The summed E-state index contributed by atoms with van der Waals surface area (Å²) in [5.41, 5.74) is 1.56. The number of carbonyl (C=O) groups excluding carboxylic acids is 1. The summed E-state index contributed by atoms with van der Waals surface area (Å²) in [6, 6.07) is 9.64. The molecule has 0 bridgehead atoms. The molecule has 1 aliphatic carbocycles. The van der Waals surface area contributed by atoms with Gasteiger partial charge in [0.2, 0.25) is 0 Å². The number of hydrogen-bond acceptors (Lipinski definition) is 5. The molecule has 2 fully saturated rings. The van der Waals surface area contributed by atoms with Crippen LogP contribution in [0, 0.1) is 12.3 Å². The first kappa shape index (κ1) is 25.6. The number of benzene rings is 1. The predicted molar refractivity (Wildman–Crippen MR) is 132 cm³/mol.